The molecule has 20 heavy (non-hydrogen) atoms. The van der Waals surface area contributed by atoms with Crippen molar-refractivity contribution in [1.29, 1.82) is 5.26 Å². The number of nitriles is 1. The molecule has 0 radical (unpaired) electrons. The number of hydrogen-bond donors (Lipinski definition) is 1. The van der Waals surface area contributed by atoms with Crippen LogP contribution in [0.2, 0.25) is 0 Å². The number of para-hydroxylation sites is 1. The van der Waals surface area contributed by atoms with Crippen molar-refractivity contribution in [3.63, 3.8) is 0 Å². The first-order chi connectivity index (χ1) is 9.74. The second-order valence-corrected chi connectivity index (χ2v) is 4.25. The van der Waals surface area contributed by atoms with Gasteiger partial charge in [0.05, 0.1) is 17.9 Å². The Labute approximate surface area is 118 Å². The van der Waals surface area contributed by atoms with E-state index < -0.39 is 0 Å². The van der Waals surface area contributed by atoms with Crippen LogP contribution in [-0.4, -0.2) is 6.61 Å². The molecule has 0 aromatic heterocycles. The van der Waals surface area contributed by atoms with Gasteiger partial charge < -0.3 is 15.2 Å². The molecule has 2 rings (SSSR count). The highest BCUT2D eigenvalue weighted by Crippen LogP contribution is 2.30. The van der Waals surface area contributed by atoms with Gasteiger partial charge in [-0.15, -0.1) is 0 Å². The summed E-state index contributed by atoms with van der Waals surface area (Å²) < 4.78 is 11.2. The van der Waals surface area contributed by atoms with Crippen LogP contribution in [0.15, 0.2) is 42.5 Å². The quantitative estimate of drug-likeness (QED) is 0.839. The van der Waals surface area contributed by atoms with Crippen LogP contribution in [-0.2, 0) is 0 Å². The molecule has 0 aliphatic heterocycles. The fourth-order valence-electron chi connectivity index (χ4n) is 1.68. The summed E-state index contributed by atoms with van der Waals surface area (Å²) in [5.41, 5.74) is 6.62. The summed E-state index contributed by atoms with van der Waals surface area (Å²) in [6.07, 6.45) is 0.968. The molecular formula is C16H16N2O2. The zero-order valence-electron chi connectivity index (χ0n) is 11.3. The van der Waals surface area contributed by atoms with Crippen LogP contribution in [0, 0.1) is 11.3 Å². The summed E-state index contributed by atoms with van der Waals surface area (Å²) in [6.45, 7) is 2.75. The first-order valence-electron chi connectivity index (χ1n) is 6.44. The predicted octanol–water partition coefficient (Wildman–Crippen LogP) is 3.72. The highest BCUT2D eigenvalue weighted by atomic mass is 16.5. The van der Waals surface area contributed by atoms with E-state index in [0.29, 0.717) is 29.4 Å². The third-order valence-corrected chi connectivity index (χ3v) is 2.71. The molecule has 0 bridgehead atoms. The van der Waals surface area contributed by atoms with Gasteiger partial charge in [0, 0.05) is 0 Å². The Morgan fingerprint density at radius 1 is 1.10 bits per heavy atom. The molecular weight excluding hydrogens is 252 g/mol. The average molecular weight is 268 g/mol. The van der Waals surface area contributed by atoms with Crippen molar-refractivity contribution >= 4 is 5.69 Å². The van der Waals surface area contributed by atoms with Crippen LogP contribution in [0.3, 0.4) is 0 Å². The summed E-state index contributed by atoms with van der Waals surface area (Å²) in [5.74, 6) is 1.93. The number of nitrogens with two attached hydrogens (primary N) is 1. The third kappa shape index (κ3) is 3.21. The number of hydrogen-bond acceptors (Lipinski definition) is 4. The normalized spacial score (nSPS) is 9.80. The number of nitrogens with zero attached hydrogens (tertiary/aromatic N) is 1. The molecule has 0 saturated heterocycles. The Balaban J connectivity index is 2.13. The summed E-state index contributed by atoms with van der Waals surface area (Å²) in [4.78, 5) is 0. The highest BCUT2D eigenvalue weighted by Gasteiger charge is 2.06. The lowest BCUT2D eigenvalue weighted by Crippen LogP contribution is -1.96. The van der Waals surface area contributed by atoms with E-state index in [9.17, 15) is 0 Å². The highest BCUT2D eigenvalue weighted by molar-refractivity contribution is 5.63. The zero-order chi connectivity index (χ0) is 14.4. The van der Waals surface area contributed by atoms with E-state index in [1.165, 1.54) is 0 Å². The van der Waals surface area contributed by atoms with Crippen molar-refractivity contribution < 1.29 is 9.47 Å². The van der Waals surface area contributed by atoms with Gasteiger partial charge in [-0.3, -0.25) is 0 Å². The Bertz CT molecular complexity index is 615. The summed E-state index contributed by atoms with van der Waals surface area (Å²) in [7, 11) is 0. The molecule has 4 heteroatoms. The molecule has 0 atom stereocenters. The number of ether oxygens (including phenoxy) is 2. The first-order valence-corrected chi connectivity index (χ1v) is 6.44. The minimum absolute atomic E-state index is 0.348. The summed E-state index contributed by atoms with van der Waals surface area (Å²) in [6, 6.07) is 14.5. The Kier molecular flexibility index (Phi) is 4.46. The van der Waals surface area contributed by atoms with Crippen molar-refractivity contribution in [2.45, 2.75) is 13.3 Å². The van der Waals surface area contributed by atoms with E-state index in [-0.39, 0.29) is 0 Å². The van der Waals surface area contributed by atoms with Gasteiger partial charge in [0.1, 0.15) is 17.6 Å². The average Bonchev–Trinajstić information content (AvgIpc) is 2.48. The molecule has 2 aromatic carbocycles. The molecule has 0 amide bonds. The van der Waals surface area contributed by atoms with E-state index in [4.69, 9.17) is 20.5 Å². The SMILES string of the molecule is CCCOc1ccc(Oc2cccc(C#N)c2N)cc1. The lowest BCUT2D eigenvalue weighted by Gasteiger charge is -2.10. The molecule has 0 aliphatic carbocycles. The molecule has 0 aliphatic rings. The van der Waals surface area contributed by atoms with Crippen LogP contribution >= 0.6 is 0 Å². The van der Waals surface area contributed by atoms with Gasteiger partial charge in [0.25, 0.3) is 0 Å². The molecule has 0 fully saturated rings. The maximum Gasteiger partial charge on any atom is 0.151 e. The molecule has 0 saturated carbocycles. The van der Waals surface area contributed by atoms with Gasteiger partial charge in [0.2, 0.25) is 0 Å². The van der Waals surface area contributed by atoms with E-state index in [2.05, 4.69) is 6.92 Å². The van der Waals surface area contributed by atoms with Crippen LogP contribution in [0.25, 0.3) is 0 Å². The number of benzene rings is 2. The topological polar surface area (TPSA) is 68.3 Å². The van der Waals surface area contributed by atoms with Gasteiger partial charge in [-0.1, -0.05) is 13.0 Å². The fraction of sp³-hybridized carbons (Fsp3) is 0.188. The monoisotopic (exact) mass is 268 g/mol. The van der Waals surface area contributed by atoms with Gasteiger partial charge >= 0.3 is 0 Å². The smallest absolute Gasteiger partial charge is 0.151 e. The fourth-order valence-corrected chi connectivity index (χ4v) is 1.68. The summed E-state index contributed by atoms with van der Waals surface area (Å²) >= 11 is 0. The van der Waals surface area contributed by atoms with Gasteiger partial charge in [-0.05, 0) is 42.8 Å². The van der Waals surface area contributed by atoms with Crippen LogP contribution in [0.4, 0.5) is 5.69 Å². The van der Waals surface area contributed by atoms with Crippen LogP contribution < -0.4 is 15.2 Å². The third-order valence-electron chi connectivity index (χ3n) is 2.71. The van der Waals surface area contributed by atoms with Gasteiger partial charge in [-0.25, -0.2) is 0 Å². The van der Waals surface area contributed by atoms with Gasteiger partial charge in [0.15, 0.2) is 5.75 Å². The number of rotatable bonds is 5. The molecule has 0 unspecified atom stereocenters. The standard InChI is InChI=1S/C16H16N2O2/c1-2-10-19-13-6-8-14(9-7-13)20-15-5-3-4-12(11-17)16(15)18/h3-9H,2,10,18H2,1H3. The minimum atomic E-state index is 0.348. The van der Waals surface area contributed by atoms with Crippen molar-refractivity contribution in [1.82, 2.24) is 0 Å². The molecule has 2 aromatic rings. The molecule has 4 nitrogen and oxygen atoms in total. The van der Waals surface area contributed by atoms with E-state index in [0.717, 1.165) is 12.2 Å². The first kappa shape index (κ1) is 13.8. The number of anilines is 1. The van der Waals surface area contributed by atoms with Crippen LogP contribution in [0.1, 0.15) is 18.9 Å². The van der Waals surface area contributed by atoms with Crippen molar-refractivity contribution in [3.05, 3.63) is 48.0 Å². The predicted molar refractivity (Wildman–Crippen MR) is 77.9 cm³/mol. The molecule has 102 valence electrons. The zero-order valence-corrected chi connectivity index (χ0v) is 11.3. The Morgan fingerprint density at radius 3 is 2.45 bits per heavy atom. The lowest BCUT2D eigenvalue weighted by atomic mass is 10.2. The second kappa shape index (κ2) is 6.48. The summed E-state index contributed by atoms with van der Waals surface area (Å²) in [5, 5.41) is 8.93. The van der Waals surface area contributed by atoms with Crippen LogP contribution in [0.5, 0.6) is 17.2 Å². The molecule has 0 spiro atoms. The van der Waals surface area contributed by atoms with E-state index in [1.54, 1.807) is 18.2 Å². The van der Waals surface area contributed by atoms with Crippen molar-refractivity contribution in [3.8, 4) is 23.3 Å². The minimum Gasteiger partial charge on any atom is -0.494 e. The largest absolute Gasteiger partial charge is 0.494 e. The second-order valence-electron chi connectivity index (χ2n) is 4.25. The van der Waals surface area contributed by atoms with E-state index >= 15 is 0 Å². The number of nitrogen functional groups attached to an aromatic ring is 1. The van der Waals surface area contributed by atoms with Gasteiger partial charge in [-0.2, -0.15) is 5.26 Å². The Hall–Kier alpha value is -2.67. The maximum absolute atomic E-state index is 8.93. The molecule has 0 heterocycles. The van der Waals surface area contributed by atoms with Crippen molar-refractivity contribution in [2.24, 2.45) is 0 Å². The Morgan fingerprint density at radius 2 is 1.80 bits per heavy atom. The van der Waals surface area contributed by atoms with Crippen molar-refractivity contribution in [2.75, 3.05) is 12.3 Å². The maximum atomic E-state index is 8.93. The lowest BCUT2D eigenvalue weighted by molar-refractivity contribution is 0.317. The van der Waals surface area contributed by atoms with E-state index in [1.807, 2.05) is 30.3 Å². The molecule has 2 N–H and O–H groups in total.